The van der Waals surface area contributed by atoms with Crippen LogP contribution in [0.5, 0.6) is 0 Å². The number of ether oxygens (including phenoxy) is 1. The highest BCUT2D eigenvalue weighted by Gasteiger charge is 2.50. The van der Waals surface area contributed by atoms with Crippen molar-refractivity contribution in [1.29, 1.82) is 0 Å². The fraction of sp³-hybridized carbons (Fsp3) is 0.867. The van der Waals surface area contributed by atoms with Crippen molar-refractivity contribution in [3.63, 3.8) is 0 Å². The van der Waals surface area contributed by atoms with Crippen molar-refractivity contribution in [2.24, 2.45) is 5.92 Å². The van der Waals surface area contributed by atoms with Gasteiger partial charge in [-0.2, -0.15) is 0 Å². The minimum Gasteiger partial charge on any atom is -0.462 e. The van der Waals surface area contributed by atoms with Gasteiger partial charge in [0.2, 0.25) is 5.91 Å². The molecule has 0 N–H and O–H groups in total. The summed E-state index contributed by atoms with van der Waals surface area (Å²) in [4.78, 5) is 25.9. The molecule has 4 nitrogen and oxygen atoms in total. The molecule has 0 spiro atoms. The molecule has 3 aliphatic rings. The van der Waals surface area contributed by atoms with E-state index in [4.69, 9.17) is 4.74 Å². The number of β-lactam (4-membered cyclic amide) rings is 1. The molecule has 3 rings (SSSR count). The number of nitrogens with zero attached hydrogens (tertiary/aromatic N) is 1. The van der Waals surface area contributed by atoms with Crippen LogP contribution in [0.4, 0.5) is 0 Å². The van der Waals surface area contributed by atoms with Gasteiger partial charge in [-0.15, -0.1) is 0 Å². The summed E-state index contributed by atoms with van der Waals surface area (Å²) >= 11 is 0. The molecule has 0 aromatic heterocycles. The fourth-order valence-electron chi connectivity index (χ4n) is 3.30. The summed E-state index contributed by atoms with van der Waals surface area (Å²) in [6, 6.07) is 0.278. The molecule has 0 aliphatic carbocycles. The van der Waals surface area contributed by atoms with Crippen molar-refractivity contribution in [3.05, 3.63) is 0 Å². The Bertz CT molecular complexity index is 342. The van der Waals surface area contributed by atoms with Crippen molar-refractivity contribution in [2.75, 3.05) is 6.54 Å². The van der Waals surface area contributed by atoms with Gasteiger partial charge in [0.1, 0.15) is 6.10 Å². The fourth-order valence-corrected chi connectivity index (χ4v) is 3.30. The molecular weight excluding hydrogens is 242 g/mol. The highest BCUT2D eigenvalue weighted by molar-refractivity contribution is 5.87. The quantitative estimate of drug-likeness (QED) is 0.570. The Labute approximate surface area is 115 Å². The average Bonchev–Trinajstić information content (AvgIpc) is 2.35. The Balaban J connectivity index is 2.06. The van der Waals surface area contributed by atoms with E-state index in [-0.39, 0.29) is 29.9 Å². The maximum atomic E-state index is 12.2. The molecule has 2 bridgehead atoms. The largest absolute Gasteiger partial charge is 0.462 e. The van der Waals surface area contributed by atoms with Gasteiger partial charge in [0.25, 0.3) is 0 Å². The Hall–Kier alpha value is -1.06. The lowest BCUT2D eigenvalue weighted by Gasteiger charge is -2.49. The zero-order valence-corrected chi connectivity index (χ0v) is 12.1. The minimum absolute atomic E-state index is 0.108. The summed E-state index contributed by atoms with van der Waals surface area (Å²) in [5, 5.41) is 0. The molecule has 1 amide bonds. The highest BCUT2D eigenvalue weighted by atomic mass is 16.5. The maximum absolute atomic E-state index is 12.2. The Morgan fingerprint density at radius 2 is 1.95 bits per heavy atom. The summed E-state index contributed by atoms with van der Waals surface area (Å²) in [5.74, 6) is -0.0720. The Kier molecular flexibility index (Phi) is 4.83. The lowest BCUT2D eigenvalue weighted by Crippen LogP contribution is -2.64. The molecule has 3 fully saturated rings. The van der Waals surface area contributed by atoms with E-state index < -0.39 is 0 Å². The molecule has 3 heterocycles. The number of amides is 1. The van der Waals surface area contributed by atoms with E-state index in [9.17, 15) is 9.59 Å². The van der Waals surface area contributed by atoms with E-state index in [0.29, 0.717) is 6.42 Å². The van der Waals surface area contributed by atoms with Crippen LogP contribution in [-0.2, 0) is 14.3 Å². The SMILES string of the molecule is CCC[C@@H]1[C@H]2C(=O)N1CCCCCCC(=O)O[C@@H]2C. The van der Waals surface area contributed by atoms with Crippen LogP contribution in [0, 0.1) is 5.92 Å². The number of carbonyl (C=O) groups is 2. The second-order valence-electron chi connectivity index (χ2n) is 5.77. The van der Waals surface area contributed by atoms with E-state index in [0.717, 1.165) is 45.1 Å². The first-order chi connectivity index (χ1) is 9.15. The van der Waals surface area contributed by atoms with Gasteiger partial charge in [-0.1, -0.05) is 26.2 Å². The normalized spacial score (nSPS) is 32.9. The van der Waals surface area contributed by atoms with Gasteiger partial charge in [-0.25, -0.2) is 0 Å². The summed E-state index contributed by atoms with van der Waals surface area (Å²) in [5.41, 5.74) is 0. The van der Waals surface area contributed by atoms with Crippen LogP contribution >= 0.6 is 0 Å². The number of esters is 1. The van der Waals surface area contributed by atoms with Crippen molar-refractivity contribution in [3.8, 4) is 0 Å². The molecule has 0 aromatic carbocycles. The topological polar surface area (TPSA) is 46.6 Å². The van der Waals surface area contributed by atoms with Crippen LogP contribution in [0.25, 0.3) is 0 Å². The van der Waals surface area contributed by atoms with E-state index >= 15 is 0 Å². The second kappa shape index (κ2) is 6.40. The van der Waals surface area contributed by atoms with Crippen molar-refractivity contribution in [1.82, 2.24) is 4.90 Å². The Morgan fingerprint density at radius 3 is 2.68 bits per heavy atom. The van der Waals surface area contributed by atoms with E-state index in [1.165, 1.54) is 0 Å². The predicted molar refractivity (Wildman–Crippen MR) is 72.5 cm³/mol. The van der Waals surface area contributed by atoms with Crippen LogP contribution in [0.2, 0.25) is 0 Å². The first kappa shape index (κ1) is 14.4. The van der Waals surface area contributed by atoms with Crippen molar-refractivity contribution >= 4 is 11.9 Å². The van der Waals surface area contributed by atoms with Gasteiger partial charge in [-0.05, 0) is 26.2 Å². The zero-order valence-electron chi connectivity index (χ0n) is 12.1. The van der Waals surface area contributed by atoms with Gasteiger partial charge >= 0.3 is 5.97 Å². The minimum atomic E-state index is -0.271. The monoisotopic (exact) mass is 267 g/mol. The zero-order chi connectivity index (χ0) is 13.8. The molecule has 108 valence electrons. The third-order valence-corrected chi connectivity index (χ3v) is 4.32. The summed E-state index contributed by atoms with van der Waals surface area (Å²) in [7, 11) is 0. The number of hydrogen-bond donors (Lipinski definition) is 0. The van der Waals surface area contributed by atoms with Gasteiger partial charge in [0, 0.05) is 19.0 Å². The second-order valence-corrected chi connectivity index (χ2v) is 5.77. The molecule has 3 aliphatic heterocycles. The number of hydrogen-bond acceptors (Lipinski definition) is 3. The molecular formula is C15H25NO3. The lowest BCUT2D eigenvalue weighted by atomic mass is 9.80. The number of fused-ring (bicyclic) bond motifs is 8. The number of carbonyl (C=O) groups excluding carboxylic acids is 2. The predicted octanol–water partition coefficient (Wildman–Crippen LogP) is 2.51. The van der Waals surface area contributed by atoms with Gasteiger partial charge in [0.15, 0.2) is 0 Å². The molecule has 0 aromatic rings. The smallest absolute Gasteiger partial charge is 0.306 e. The first-order valence-corrected chi connectivity index (χ1v) is 7.65. The standard InChI is InChI=1S/C15H25NO3/c1-3-8-12-14-11(2)19-13(17)9-6-4-5-7-10-16(12)15(14)18/h11-12,14H,3-10H2,1-2H3/t11-,12-,14+/m1/s1. The summed E-state index contributed by atoms with van der Waals surface area (Å²) < 4.78 is 5.43. The molecule has 4 heteroatoms. The van der Waals surface area contributed by atoms with Crippen LogP contribution in [0.1, 0.15) is 58.8 Å². The molecule has 0 radical (unpaired) electrons. The van der Waals surface area contributed by atoms with E-state index in [1.807, 2.05) is 11.8 Å². The van der Waals surface area contributed by atoms with E-state index in [2.05, 4.69) is 6.92 Å². The van der Waals surface area contributed by atoms with Crippen LogP contribution < -0.4 is 0 Å². The van der Waals surface area contributed by atoms with Gasteiger partial charge < -0.3 is 9.64 Å². The Morgan fingerprint density at radius 1 is 1.21 bits per heavy atom. The van der Waals surface area contributed by atoms with Gasteiger partial charge in [0.05, 0.1) is 5.92 Å². The van der Waals surface area contributed by atoms with Crippen LogP contribution in [0.15, 0.2) is 0 Å². The molecule has 19 heavy (non-hydrogen) atoms. The number of rotatable bonds is 2. The molecule has 3 saturated heterocycles. The third-order valence-electron chi connectivity index (χ3n) is 4.32. The average molecular weight is 267 g/mol. The first-order valence-electron chi connectivity index (χ1n) is 7.65. The van der Waals surface area contributed by atoms with E-state index in [1.54, 1.807) is 0 Å². The van der Waals surface area contributed by atoms with Crippen molar-refractivity contribution in [2.45, 2.75) is 70.9 Å². The molecule has 0 unspecified atom stereocenters. The maximum Gasteiger partial charge on any atom is 0.306 e. The third kappa shape index (κ3) is 3.10. The van der Waals surface area contributed by atoms with Gasteiger partial charge in [-0.3, -0.25) is 9.59 Å². The molecule has 3 atom stereocenters. The summed E-state index contributed by atoms with van der Waals surface area (Å²) in [6.07, 6.45) is 6.40. The highest BCUT2D eigenvalue weighted by Crippen LogP contribution is 2.34. The summed E-state index contributed by atoms with van der Waals surface area (Å²) in [6.45, 7) is 4.88. The van der Waals surface area contributed by atoms with Crippen molar-refractivity contribution < 1.29 is 14.3 Å². The molecule has 0 saturated carbocycles. The van der Waals surface area contributed by atoms with Crippen LogP contribution in [0.3, 0.4) is 0 Å². The lowest BCUT2D eigenvalue weighted by molar-refractivity contribution is -0.174. The van der Waals surface area contributed by atoms with Crippen LogP contribution in [-0.4, -0.2) is 35.5 Å².